The Kier molecular flexibility index (Phi) is 12.7. The number of imidazole rings is 2. The first-order chi connectivity index (χ1) is 12.7. The summed E-state index contributed by atoms with van der Waals surface area (Å²) in [4.78, 5) is 27.2. The maximum absolute atomic E-state index is 10.4. The van der Waals surface area contributed by atoms with Gasteiger partial charge in [0.1, 0.15) is 25.5 Å². The van der Waals surface area contributed by atoms with Crippen LogP contribution in [0.4, 0.5) is 11.6 Å². The van der Waals surface area contributed by atoms with Crippen molar-refractivity contribution in [1.82, 2.24) is 19.1 Å². The van der Waals surface area contributed by atoms with Crippen LogP contribution in [0.1, 0.15) is 11.6 Å². The molecule has 0 fully saturated rings. The first-order valence-corrected chi connectivity index (χ1v) is 15.2. The van der Waals surface area contributed by atoms with Crippen molar-refractivity contribution in [3.8, 4) is 0 Å². The van der Waals surface area contributed by atoms with Gasteiger partial charge in [-0.05, 0) is 9.85 Å². The Balaban J connectivity index is 0.000000438. The zero-order valence-electron chi connectivity index (χ0n) is 14.7. The topological polar surface area (TPSA) is 162 Å². The second-order valence-electron chi connectivity index (χ2n) is 4.69. The first-order valence-electron chi connectivity index (χ1n) is 7.41. The normalized spacial score (nSPS) is 9.41. The van der Waals surface area contributed by atoms with Gasteiger partial charge in [-0.2, -0.15) is 0 Å². The molecular formula is C12H18Cl2N6O6Zn. The van der Waals surface area contributed by atoms with Crippen molar-refractivity contribution in [1.29, 1.82) is 0 Å². The number of rotatable bonds is 6. The SMILES string of the molecule is Cc1ncc([N+](=O)[O-])n1CCO.Cc1ncc([N+](=O)[O-])n1CCO.[Cl][Zn][Cl]. The summed E-state index contributed by atoms with van der Waals surface area (Å²) < 4.78 is 2.72. The van der Waals surface area contributed by atoms with Gasteiger partial charge in [0.25, 0.3) is 0 Å². The van der Waals surface area contributed by atoms with Crippen molar-refractivity contribution in [2.45, 2.75) is 26.9 Å². The van der Waals surface area contributed by atoms with Gasteiger partial charge in [0.2, 0.25) is 0 Å². The third-order valence-corrected chi connectivity index (χ3v) is 3.09. The predicted octanol–water partition coefficient (Wildman–Crippen LogP) is 1.56. The van der Waals surface area contributed by atoms with Crippen LogP contribution in [0.15, 0.2) is 12.4 Å². The number of aryl methyl sites for hydroxylation is 2. The molecule has 2 aromatic rings. The van der Waals surface area contributed by atoms with Crippen LogP contribution in [0, 0.1) is 34.1 Å². The molecule has 2 rings (SSSR count). The van der Waals surface area contributed by atoms with E-state index in [0.29, 0.717) is 11.6 Å². The second-order valence-corrected chi connectivity index (χ2v) is 9.32. The molecule has 0 bridgehead atoms. The fourth-order valence-electron chi connectivity index (χ4n) is 1.96. The van der Waals surface area contributed by atoms with E-state index in [4.69, 9.17) is 29.6 Å². The molecule has 2 N–H and O–H groups in total. The molecule has 2 aromatic heterocycles. The minimum atomic E-state index is -0.931. The minimum absolute atomic E-state index is 0.0819. The average Bonchev–Trinajstić information content (AvgIpc) is 3.14. The summed E-state index contributed by atoms with van der Waals surface area (Å²) >= 11 is -0.931. The Hall–Kier alpha value is -1.66. The zero-order valence-corrected chi connectivity index (χ0v) is 19.1. The zero-order chi connectivity index (χ0) is 21.0. The molecule has 0 atom stereocenters. The van der Waals surface area contributed by atoms with Crippen molar-refractivity contribution < 1.29 is 35.2 Å². The van der Waals surface area contributed by atoms with E-state index < -0.39 is 25.0 Å². The Morgan fingerprint density at radius 2 is 1.26 bits per heavy atom. The van der Waals surface area contributed by atoms with E-state index >= 15 is 0 Å². The van der Waals surface area contributed by atoms with Crippen molar-refractivity contribution >= 4 is 31.0 Å². The third kappa shape index (κ3) is 8.27. The molecule has 0 spiro atoms. The molecule has 0 aliphatic carbocycles. The van der Waals surface area contributed by atoms with E-state index in [-0.39, 0.29) is 37.9 Å². The number of hydrogen-bond donors (Lipinski definition) is 2. The number of nitro groups is 2. The average molecular weight is 479 g/mol. The molecule has 0 aliphatic rings. The van der Waals surface area contributed by atoms with Gasteiger partial charge in [-0.15, -0.1) is 0 Å². The molecule has 2 heterocycles. The van der Waals surface area contributed by atoms with Crippen LogP contribution >= 0.6 is 19.4 Å². The number of hydrogen-bond acceptors (Lipinski definition) is 8. The summed E-state index contributed by atoms with van der Waals surface area (Å²) in [6.45, 7) is 3.48. The van der Waals surface area contributed by atoms with E-state index in [1.54, 1.807) is 13.8 Å². The summed E-state index contributed by atoms with van der Waals surface area (Å²) in [7, 11) is 9.90. The van der Waals surface area contributed by atoms with Gasteiger partial charge >= 0.3 is 46.2 Å². The fourth-order valence-corrected chi connectivity index (χ4v) is 1.96. The molecule has 27 heavy (non-hydrogen) atoms. The number of nitrogens with zero attached hydrogens (tertiary/aromatic N) is 6. The van der Waals surface area contributed by atoms with E-state index in [0.717, 1.165) is 0 Å². The Morgan fingerprint density at radius 3 is 1.48 bits per heavy atom. The van der Waals surface area contributed by atoms with Gasteiger partial charge < -0.3 is 30.4 Å². The van der Waals surface area contributed by atoms with Crippen molar-refractivity contribution in [3.05, 3.63) is 44.3 Å². The molecule has 12 nitrogen and oxygen atoms in total. The van der Waals surface area contributed by atoms with Crippen LogP contribution < -0.4 is 0 Å². The molecule has 0 saturated heterocycles. The summed E-state index contributed by atoms with van der Waals surface area (Å²) in [5.41, 5.74) is 0. The molecule has 15 heteroatoms. The quantitative estimate of drug-likeness (QED) is 0.359. The molecule has 0 saturated carbocycles. The van der Waals surface area contributed by atoms with Gasteiger partial charge in [-0.1, -0.05) is 0 Å². The van der Waals surface area contributed by atoms with Crippen LogP contribution in [-0.4, -0.2) is 52.4 Å². The van der Waals surface area contributed by atoms with Crippen LogP contribution in [0.2, 0.25) is 0 Å². The molecule has 0 amide bonds. The van der Waals surface area contributed by atoms with Gasteiger partial charge in [-0.3, -0.25) is 0 Å². The van der Waals surface area contributed by atoms with E-state index in [1.807, 2.05) is 0 Å². The van der Waals surface area contributed by atoms with Crippen LogP contribution in [0.25, 0.3) is 0 Å². The number of aliphatic hydroxyl groups excluding tert-OH is 2. The summed E-state index contributed by atoms with van der Waals surface area (Å²) in [5, 5.41) is 37.9. The summed E-state index contributed by atoms with van der Waals surface area (Å²) in [6.07, 6.45) is 2.37. The monoisotopic (exact) mass is 476 g/mol. The summed E-state index contributed by atoms with van der Waals surface area (Å²) in [6, 6.07) is 0. The third-order valence-electron chi connectivity index (χ3n) is 3.09. The Bertz CT molecular complexity index is 680. The summed E-state index contributed by atoms with van der Waals surface area (Å²) in [5.74, 6) is 0.912. The molecule has 0 aromatic carbocycles. The van der Waals surface area contributed by atoms with Crippen molar-refractivity contribution in [3.63, 3.8) is 0 Å². The molecule has 0 unspecified atom stereocenters. The van der Waals surface area contributed by atoms with Crippen LogP contribution in [0.5, 0.6) is 0 Å². The first kappa shape index (κ1) is 25.3. The van der Waals surface area contributed by atoms with Gasteiger partial charge in [-0.25, -0.2) is 19.1 Å². The van der Waals surface area contributed by atoms with E-state index in [1.165, 1.54) is 21.5 Å². The number of aromatic nitrogens is 4. The van der Waals surface area contributed by atoms with Gasteiger partial charge in [0.15, 0.2) is 11.6 Å². The second kappa shape index (κ2) is 13.5. The standard InChI is InChI=1S/2C6H9N3O3.2ClH.Zn/c2*1-5-7-4-6(9(11)12)8(5)2-3-10;;;/h2*4,10H,2-3H2,1H3;2*1H;/q;;;;+2/p-2. The molecular weight excluding hydrogens is 460 g/mol. The van der Waals surface area contributed by atoms with Gasteiger partial charge in [0, 0.05) is 13.8 Å². The van der Waals surface area contributed by atoms with Gasteiger partial charge in [0.05, 0.1) is 13.2 Å². The number of aliphatic hydroxyl groups is 2. The molecule has 0 aliphatic heterocycles. The van der Waals surface area contributed by atoms with E-state index in [9.17, 15) is 20.2 Å². The number of halogens is 2. The van der Waals surface area contributed by atoms with Crippen LogP contribution in [0.3, 0.4) is 0 Å². The van der Waals surface area contributed by atoms with Crippen molar-refractivity contribution in [2.24, 2.45) is 0 Å². The van der Waals surface area contributed by atoms with Crippen molar-refractivity contribution in [2.75, 3.05) is 13.2 Å². The van der Waals surface area contributed by atoms with E-state index in [2.05, 4.69) is 9.97 Å². The maximum atomic E-state index is 10.4. The molecule has 148 valence electrons. The Labute approximate surface area is 169 Å². The van der Waals surface area contributed by atoms with Crippen LogP contribution in [-0.2, 0) is 28.2 Å². The predicted molar refractivity (Wildman–Crippen MR) is 93.1 cm³/mol. The fraction of sp³-hybridized carbons (Fsp3) is 0.500. The Morgan fingerprint density at radius 1 is 0.963 bits per heavy atom. The molecule has 0 radical (unpaired) electrons.